The van der Waals surface area contributed by atoms with Crippen LogP contribution in [0, 0.1) is 0 Å². The quantitative estimate of drug-likeness (QED) is 0.630. The van der Waals surface area contributed by atoms with Crippen LogP contribution in [0.1, 0.15) is 12.8 Å². The molecule has 0 aliphatic carbocycles. The summed E-state index contributed by atoms with van der Waals surface area (Å²) in [5.74, 6) is 0. The van der Waals surface area contributed by atoms with Gasteiger partial charge >= 0.3 is 0 Å². The van der Waals surface area contributed by atoms with E-state index in [0.29, 0.717) is 13.1 Å². The monoisotopic (exact) mass is 206 g/mol. The minimum absolute atomic E-state index is 0.0974. The Hall–Kier alpha value is -0.170. The van der Waals surface area contributed by atoms with E-state index in [4.69, 9.17) is 5.11 Å². The molecule has 2 fully saturated rings. The van der Waals surface area contributed by atoms with E-state index in [-0.39, 0.29) is 19.2 Å². The average Bonchev–Trinajstić information content (AvgIpc) is 2.58. The molecule has 0 aromatic heterocycles. The average molecular weight is 206 g/mol. The minimum Gasteiger partial charge on any atom is -0.395 e. The predicted molar refractivity (Wildman–Crippen MR) is 47.3 cm³/mol. The fourth-order valence-electron chi connectivity index (χ4n) is 2.09. The van der Waals surface area contributed by atoms with E-state index in [1.54, 1.807) is 4.31 Å². The van der Waals surface area contributed by atoms with Gasteiger partial charge in [-0.2, -0.15) is 17.0 Å². The van der Waals surface area contributed by atoms with Crippen molar-refractivity contribution in [3.05, 3.63) is 0 Å². The third-order valence-electron chi connectivity index (χ3n) is 2.71. The Morgan fingerprint density at radius 2 is 2.23 bits per heavy atom. The molecule has 2 saturated heterocycles. The maximum Gasteiger partial charge on any atom is 0.282 e. The van der Waals surface area contributed by atoms with Crippen molar-refractivity contribution in [3.8, 4) is 0 Å². The normalized spacial score (nSPS) is 33.8. The molecule has 0 radical (unpaired) electrons. The van der Waals surface area contributed by atoms with E-state index in [0.717, 1.165) is 12.8 Å². The molecule has 2 aliphatic heterocycles. The van der Waals surface area contributed by atoms with Crippen molar-refractivity contribution in [1.82, 2.24) is 8.61 Å². The smallest absolute Gasteiger partial charge is 0.282 e. The zero-order chi connectivity index (χ0) is 9.47. The molecule has 0 amide bonds. The molecule has 0 aromatic rings. The second-order valence-corrected chi connectivity index (χ2v) is 5.38. The fraction of sp³-hybridized carbons (Fsp3) is 1.00. The lowest BCUT2D eigenvalue weighted by Crippen LogP contribution is -2.34. The van der Waals surface area contributed by atoms with E-state index in [9.17, 15) is 8.42 Å². The Kier molecular flexibility index (Phi) is 2.31. The molecule has 2 aliphatic rings. The van der Waals surface area contributed by atoms with E-state index in [1.807, 2.05) is 0 Å². The summed E-state index contributed by atoms with van der Waals surface area (Å²) in [5.41, 5.74) is 0. The zero-order valence-corrected chi connectivity index (χ0v) is 8.20. The molecule has 2 rings (SSSR count). The molecule has 0 aromatic carbocycles. The maximum absolute atomic E-state index is 11.7. The molecule has 5 nitrogen and oxygen atoms in total. The van der Waals surface area contributed by atoms with Crippen molar-refractivity contribution in [2.45, 2.75) is 18.9 Å². The van der Waals surface area contributed by atoms with Crippen molar-refractivity contribution in [1.29, 1.82) is 0 Å². The van der Waals surface area contributed by atoms with Gasteiger partial charge in [0.1, 0.15) is 0 Å². The van der Waals surface area contributed by atoms with Crippen LogP contribution in [0.3, 0.4) is 0 Å². The van der Waals surface area contributed by atoms with Crippen LogP contribution in [0.15, 0.2) is 0 Å². The number of aliphatic hydroxyl groups is 1. The Labute approximate surface area is 78.1 Å². The number of aliphatic hydroxyl groups excluding tert-OH is 1. The summed E-state index contributed by atoms with van der Waals surface area (Å²) in [6.45, 7) is 1.34. The standard InChI is InChI=1S/C7H14N2O3S/c10-5-4-8-6-7-2-1-3-9(7)13(8,11)12/h7,10H,1-6H2/t7-/m1/s1. The van der Waals surface area contributed by atoms with Crippen molar-refractivity contribution in [3.63, 3.8) is 0 Å². The third-order valence-corrected chi connectivity index (χ3v) is 4.77. The molecular weight excluding hydrogens is 192 g/mol. The van der Waals surface area contributed by atoms with E-state index >= 15 is 0 Å². The lowest BCUT2D eigenvalue weighted by Gasteiger charge is -2.15. The molecule has 1 atom stereocenters. The van der Waals surface area contributed by atoms with Gasteiger partial charge in [-0.05, 0) is 12.8 Å². The summed E-state index contributed by atoms with van der Waals surface area (Å²) in [4.78, 5) is 0. The minimum atomic E-state index is -3.22. The molecule has 13 heavy (non-hydrogen) atoms. The van der Waals surface area contributed by atoms with Crippen molar-refractivity contribution in [2.75, 3.05) is 26.2 Å². The lowest BCUT2D eigenvalue weighted by atomic mass is 10.2. The van der Waals surface area contributed by atoms with E-state index in [2.05, 4.69) is 0 Å². The molecule has 0 bridgehead atoms. The summed E-state index contributed by atoms with van der Waals surface area (Å²) < 4.78 is 26.3. The second kappa shape index (κ2) is 3.20. The molecular formula is C7H14N2O3S. The number of hydrogen-bond acceptors (Lipinski definition) is 3. The van der Waals surface area contributed by atoms with E-state index in [1.165, 1.54) is 4.31 Å². The van der Waals surface area contributed by atoms with Gasteiger partial charge in [0.15, 0.2) is 0 Å². The van der Waals surface area contributed by atoms with Crippen LogP contribution in [-0.4, -0.2) is 54.4 Å². The van der Waals surface area contributed by atoms with Gasteiger partial charge in [-0.15, -0.1) is 0 Å². The first kappa shape index (κ1) is 9.39. The van der Waals surface area contributed by atoms with Gasteiger partial charge < -0.3 is 5.11 Å². The van der Waals surface area contributed by atoms with Crippen LogP contribution >= 0.6 is 0 Å². The van der Waals surface area contributed by atoms with Crippen molar-refractivity contribution in [2.24, 2.45) is 0 Å². The maximum atomic E-state index is 11.7. The fourth-order valence-corrected chi connectivity index (χ4v) is 3.97. The first-order valence-corrected chi connectivity index (χ1v) is 5.94. The Morgan fingerprint density at radius 3 is 2.85 bits per heavy atom. The van der Waals surface area contributed by atoms with Crippen LogP contribution < -0.4 is 0 Å². The topological polar surface area (TPSA) is 60.9 Å². The predicted octanol–water partition coefficient (Wildman–Crippen LogP) is -0.996. The van der Waals surface area contributed by atoms with E-state index < -0.39 is 10.2 Å². The SMILES string of the molecule is O=S1(=O)N(CCO)C[C@H]2CCCN21. The highest BCUT2D eigenvalue weighted by atomic mass is 32.2. The van der Waals surface area contributed by atoms with Crippen LogP contribution in [0.5, 0.6) is 0 Å². The van der Waals surface area contributed by atoms with Gasteiger partial charge in [0, 0.05) is 25.7 Å². The summed E-state index contributed by atoms with van der Waals surface area (Å²) in [7, 11) is -3.22. The molecule has 1 N–H and O–H groups in total. The van der Waals surface area contributed by atoms with Crippen molar-refractivity contribution >= 4 is 10.2 Å². The van der Waals surface area contributed by atoms with Gasteiger partial charge in [-0.3, -0.25) is 0 Å². The first-order valence-electron chi connectivity index (χ1n) is 4.54. The summed E-state index contributed by atoms with van der Waals surface area (Å²) >= 11 is 0. The summed E-state index contributed by atoms with van der Waals surface area (Å²) in [6, 6.07) is 0.163. The van der Waals surface area contributed by atoms with Crippen LogP contribution in [0.25, 0.3) is 0 Å². The van der Waals surface area contributed by atoms with Crippen LogP contribution in [0.2, 0.25) is 0 Å². The summed E-state index contributed by atoms with van der Waals surface area (Å²) in [5, 5.41) is 8.70. The highest BCUT2D eigenvalue weighted by molar-refractivity contribution is 7.87. The van der Waals surface area contributed by atoms with Crippen LogP contribution in [-0.2, 0) is 10.2 Å². The number of nitrogens with zero attached hydrogens (tertiary/aromatic N) is 2. The Balaban J connectivity index is 2.19. The number of fused-ring (bicyclic) bond motifs is 1. The lowest BCUT2D eigenvalue weighted by molar-refractivity contribution is 0.256. The Morgan fingerprint density at radius 1 is 1.46 bits per heavy atom. The number of rotatable bonds is 2. The molecule has 76 valence electrons. The van der Waals surface area contributed by atoms with Crippen molar-refractivity contribution < 1.29 is 13.5 Å². The number of β-amino-alcohol motifs (C(OH)–C–C–N with tert-alkyl or cyclic N) is 1. The van der Waals surface area contributed by atoms with Gasteiger partial charge in [0.2, 0.25) is 0 Å². The molecule has 0 unspecified atom stereocenters. The van der Waals surface area contributed by atoms with Gasteiger partial charge in [0.25, 0.3) is 10.2 Å². The van der Waals surface area contributed by atoms with Gasteiger partial charge in [-0.25, -0.2) is 0 Å². The highest BCUT2D eigenvalue weighted by Gasteiger charge is 2.45. The van der Waals surface area contributed by atoms with Crippen LogP contribution in [0.4, 0.5) is 0 Å². The van der Waals surface area contributed by atoms with Gasteiger partial charge in [-0.1, -0.05) is 0 Å². The molecule has 2 heterocycles. The molecule has 6 heteroatoms. The third kappa shape index (κ3) is 1.38. The first-order chi connectivity index (χ1) is 6.16. The van der Waals surface area contributed by atoms with Gasteiger partial charge in [0.05, 0.1) is 6.61 Å². The number of hydrogen-bond donors (Lipinski definition) is 1. The highest BCUT2D eigenvalue weighted by Crippen LogP contribution is 2.30. The largest absolute Gasteiger partial charge is 0.395 e. The summed E-state index contributed by atoms with van der Waals surface area (Å²) in [6.07, 6.45) is 1.93. The second-order valence-electron chi connectivity index (χ2n) is 3.50. The zero-order valence-electron chi connectivity index (χ0n) is 7.39. The molecule has 0 spiro atoms. The Bertz CT molecular complexity index is 290. The molecule has 0 saturated carbocycles.